The van der Waals surface area contributed by atoms with Gasteiger partial charge in [0.25, 0.3) is 0 Å². The van der Waals surface area contributed by atoms with Crippen molar-refractivity contribution >= 4 is 23.1 Å². The molecule has 0 unspecified atom stereocenters. The molecule has 5 heteroatoms. The number of H-pyrrole nitrogens is 1. The quantitative estimate of drug-likeness (QED) is 0.820. The summed E-state index contributed by atoms with van der Waals surface area (Å²) in [5.41, 5.74) is 2.18. The van der Waals surface area contributed by atoms with Crippen molar-refractivity contribution in [2.24, 2.45) is 0 Å². The first kappa shape index (κ1) is 11.5. The fourth-order valence-corrected chi connectivity index (χ4v) is 2.21. The van der Waals surface area contributed by atoms with Crippen LogP contribution >= 0.6 is 0 Å². The summed E-state index contributed by atoms with van der Waals surface area (Å²) in [6, 6.07) is 11.0. The number of aromatic nitrogens is 1. The number of aromatic amines is 1. The second kappa shape index (κ2) is 4.61. The van der Waals surface area contributed by atoms with Gasteiger partial charge in [-0.1, -0.05) is 12.1 Å². The minimum absolute atomic E-state index is 0.0329. The summed E-state index contributed by atoms with van der Waals surface area (Å²) in [7, 11) is 0. The third kappa shape index (κ3) is 2.22. The van der Waals surface area contributed by atoms with Gasteiger partial charge in [0.15, 0.2) is 5.78 Å². The van der Waals surface area contributed by atoms with E-state index in [0.717, 1.165) is 11.4 Å². The summed E-state index contributed by atoms with van der Waals surface area (Å²) in [6.07, 6.45) is 1.71. The smallest absolute Gasteiger partial charge is 0.243 e. The molecule has 0 saturated heterocycles. The zero-order valence-electron chi connectivity index (χ0n) is 10.2. The Morgan fingerprint density at radius 2 is 2.05 bits per heavy atom. The lowest BCUT2D eigenvalue weighted by Crippen LogP contribution is -2.41. The van der Waals surface area contributed by atoms with Gasteiger partial charge in [0.2, 0.25) is 5.91 Å². The van der Waals surface area contributed by atoms with E-state index >= 15 is 0 Å². The Bertz CT molecular complexity index is 619. The zero-order valence-corrected chi connectivity index (χ0v) is 10.2. The Kier molecular flexibility index (Phi) is 2.79. The van der Waals surface area contributed by atoms with Crippen LogP contribution in [0.25, 0.3) is 0 Å². The molecule has 0 atom stereocenters. The number of rotatable bonds is 3. The van der Waals surface area contributed by atoms with Crippen LogP contribution in [0.1, 0.15) is 10.5 Å². The van der Waals surface area contributed by atoms with Crippen molar-refractivity contribution in [1.29, 1.82) is 0 Å². The van der Waals surface area contributed by atoms with Gasteiger partial charge in [0.1, 0.15) is 0 Å². The van der Waals surface area contributed by atoms with Crippen molar-refractivity contribution in [3.05, 3.63) is 48.3 Å². The number of ketones is 1. The maximum Gasteiger partial charge on any atom is 0.243 e. The number of anilines is 2. The first-order valence-corrected chi connectivity index (χ1v) is 6.04. The van der Waals surface area contributed by atoms with Crippen LogP contribution in [0.4, 0.5) is 11.4 Å². The number of carbonyl (C=O) groups is 2. The third-order valence-electron chi connectivity index (χ3n) is 3.09. The summed E-state index contributed by atoms with van der Waals surface area (Å²) in [4.78, 5) is 28.4. The summed E-state index contributed by atoms with van der Waals surface area (Å²) >= 11 is 0. The Hall–Kier alpha value is -2.56. The number of Topliss-reactive ketones (excluding diaryl/α,β-unsaturated/α-hetero) is 1. The van der Waals surface area contributed by atoms with Crippen molar-refractivity contribution < 1.29 is 9.59 Å². The van der Waals surface area contributed by atoms with Crippen LogP contribution in [0.3, 0.4) is 0 Å². The summed E-state index contributed by atoms with van der Waals surface area (Å²) in [5.74, 6) is -0.132. The largest absolute Gasteiger partial charge is 0.359 e. The van der Waals surface area contributed by atoms with Gasteiger partial charge >= 0.3 is 0 Å². The van der Waals surface area contributed by atoms with E-state index < -0.39 is 0 Å². The van der Waals surface area contributed by atoms with Crippen molar-refractivity contribution in [3.63, 3.8) is 0 Å². The minimum Gasteiger partial charge on any atom is -0.359 e. The van der Waals surface area contributed by atoms with Crippen molar-refractivity contribution in [1.82, 2.24) is 4.98 Å². The SMILES string of the molecule is O=C1CN(CC(=O)c2ccc[nH]2)c2ccccc2N1. The number of hydrogen-bond donors (Lipinski definition) is 2. The molecule has 0 bridgehead atoms. The molecule has 96 valence electrons. The van der Waals surface area contributed by atoms with Gasteiger partial charge in [0.05, 0.1) is 30.2 Å². The van der Waals surface area contributed by atoms with Crippen LogP contribution < -0.4 is 10.2 Å². The van der Waals surface area contributed by atoms with Gasteiger partial charge in [-0.25, -0.2) is 0 Å². The standard InChI is InChI=1S/C14H13N3O2/c18-13(11-5-3-7-15-11)8-17-9-14(19)16-10-4-1-2-6-12(10)17/h1-7,15H,8-9H2,(H,16,19). The van der Waals surface area contributed by atoms with Gasteiger partial charge in [-0.05, 0) is 24.3 Å². The second-order valence-electron chi connectivity index (χ2n) is 4.43. The van der Waals surface area contributed by atoms with Gasteiger partial charge in [-0.2, -0.15) is 0 Å². The van der Waals surface area contributed by atoms with Crippen molar-refractivity contribution in [2.75, 3.05) is 23.3 Å². The fourth-order valence-electron chi connectivity index (χ4n) is 2.21. The Morgan fingerprint density at radius 3 is 2.84 bits per heavy atom. The molecule has 1 aromatic heterocycles. The normalized spacial score (nSPS) is 13.9. The highest BCUT2D eigenvalue weighted by Gasteiger charge is 2.23. The first-order chi connectivity index (χ1) is 9.24. The van der Waals surface area contributed by atoms with Crippen molar-refractivity contribution in [3.8, 4) is 0 Å². The number of para-hydroxylation sites is 2. The molecular weight excluding hydrogens is 242 g/mol. The number of nitrogens with one attached hydrogen (secondary N) is 2. The highest BCUT2D eigenvalue weighted by atomic mass is 16.2. The third-order valence-corrected chi connectivity index (χ3v) is 3.09. The number of amides is 1. The molecule has 0 radical (unpaired) electrons. The lowest BCUT2D eigenvalue weighted by Gasteiger charge is -2.30. The molecule has 0 aliphatic carbocycles. The number of benzene rings is 1. The van der Waals surface area contributed by atoms with E-state index in [1.165, 1.54) is 0 Å². The molecule has 1 aromatic carbocycles. The van der Waals surface area contributed by atoms with E-state index in [2.05, 4.69) is 10.3 Å². The van der Waals surface area contributed by atoms with Gasteiger partial charge in [-0.3, -0.25) is 9.59 Å². The Balaban J connectivity index is 1.85. The van der Waals surface area contributed by atoms with Crippen LogP contribution in [0.15, 0.2) is 42.6 Å². The topological polar surface area (TPSA) is 65.2 Å². The number of fused-ring (bicyclic) bond motifs is 1. The van der Waals surface area contributed by atoms with Crippen LogP contribution in [-0.2, 0) is 4.79 Å². The highest BCUT2D eigenvalue weighted by molar-refractivity contribution is 6.04. The minimum atomic E-state index is -0.0991. The molecule has 0 fully saturated rings. The maximum absolute atomic E-state index is 12.1. The van der Waals surface area contributed by atoms with E-state index in [-0.39, 0.29) is 24.8 Å². The van der Waals surface area contributed by atoms with Crippen LogP contribution in [0.2, 0.25) is 0 Å². The van der Waals surface area contributed by atoms with Crippen molar-refractivity contribution in [2.45, 2.75) is 0 Å². The summed E-state index contributed by atoms with van der Waals surface area (Å²) in [6.45, 7) is 0.383. The molecule has 1 aliphatic rings. The average molecular weight is 255 g/mol. The van der Waals surface area contributed by atoms with Gasteiger partial charge in [-0.15, -0.1) is 0 Å². The van der Waals surface area contributed by atoms with Gasteiger partial charge < -0.3 is 15.2 Å². The zero-order chi connectivity index (χ0) is 13.2. The van der Waals surface area contributed by atoms with Crippen LogP contribution in [-0.4, -0.2) is 29.8 Å². The fraction of sp³-hybridized carbons (Fsp3) is 0.143. The lowest BCUT2D eigenvalue weighted by atomic mass is 10.1. The lowest BCUT2D eigenvalue weighted by molar-refractivity contribution is -0.115. The van der Waals surface area contributed by atoms with Crippen LogP contribution in [0, 0.1) is 0 Å². The van der Waals surface area contributed by atoms with E-state index in [1.807, 2.05) is 24.3 Å². The monoisotopic (exact) mass is 255 g/mol. The molecular formula is C14H13N3O2. The molecule has 3 rings (SSSR count). The summed E-state index contributed by atoms with van der Waals surface area (Å²) < 4.78 is 0. The van der Waals surface area contributed by atoms with E-state index in [9.17, 15) is 9.59 Å². The predicted octanol–water partition coefficient (Wildman–Crippen LogP) is 1.66. The summed E-state index contributed by atoms with van der Waals surface area (Å²) in [5, 5.41) is 2.80. The molecule has 19 heavy (non-hydrogen) atoms. The molecule has 1 aliphatic heterocycles. The van der Waals surface area contributed by atoms with Crippen LogP contribution in [0.5, 0.6) is 0 Å². The van der Waals surface area contributed by atoms with E-state index in [0.29, 0.717) is 5.69 Å². The first-order valence-electron chi connectivity index (χ1n) is 6.04. The maximum atomic E-state index is 12.1. The Morgan fingerprint density at radius 1 is 1.21 bits per heavy atom. The molecule has 0 spiro atoms. The molecule has 2 heterocycles. The predicted molar refractivity (Wildman–Crippen MR) is 72.4 cm³/mol. The second-order valence-corrected chi connectivity index (χ2v) is 4.43. The highest BCUT2D eigenvalue weighted by Crippen LogP contribution is 2.28. The molecule has 0 saturated carbocycles. The molecule has 1 amide bonds. The average Bonchev–Trinajstić information content (AvgIpc) is 2.92. The number of carbonyl (C=O) groups excluding carboxylic acids is 2. The number of hydrogen-bond acceptors (Lipinski definition) is 3. The van der Waals surface area contributed by atoms with Gasteiger partial charge in [0, 0.05) is 6.20 Å². The molecule has 5 nitrogen and oxygen atoms in total. The Labute approximate surface area is 110 Å². The van der Waals surface area contributed by atoms with E-state index in [4.69, 9.17) is 0 Å². The molecule has 2 aromatic rings. The molecule has 2 N–H and O–H groups in total. The van der Waals surface area contributed by atoms with E-state index in [1.54, 1.807) is 23.2 Å². The number of nitrogens with zero attached hydrogens (tertiary/aromatic N) is 1.